The molecule has 8 heteroatoms. The summed E-state index contributed by atoms with van der Waals surface area (Å²) in [4.78, 5) is 50.7. The first-order valence-corrected chi connectivity index (χ1v) is 9.70. The fourth-order valence-corrected chi connectivity index (χ4v) is 4.89. The fourth-order valence-electron chi connectivity index (χ4n) is 4.89. The van der Waals surface area contributed by atoms with Crippen LogP contribution in [0.1, 0.15) is 62.2 Å². The Morgan fingerprint density at radius 3 is 2.45 bits per heavy atom. The quantitative estimate of drug-likeness (QED) is 0.327. The van der Waals surface area contributed by atoms with Crippen molar-refractivity contribution < 1.29 is 39.2 Å². The molecule has 0 aromatic heterocycles. The Morgan fingerprint density at radius 2 is 1.84 bits per heavy atom. The second-order valence-corrected chi connectivity index (χ2v) is 8.02. The van der Waals surface area contributed by atoms with Crippen LogP contribution >= 0.6 is 0 Å². The number of Topliss-reactive ketones (excluding diaryl/α,β-unsaturated/α-hetero) is 1. The summed E-state index contributed by atoms with van der Waals surface area (Å²) in [5.74, 6) is -3.50. The maximum absolute atomic E-state index is 13.3. The van der Waals surface area contributed by atoms with Gasteiger partial charge in [0.15, 0.2) is 11.6 Å². The lowest BCUT2D eigenvalue weighted by Crippen LogP contribution is -2.41. The van der Waals surface area contributed by atoms with E-state index in [1.54, 1.807) is 6.92 Å². The Balaban J connectivity index is 2.02. The van der Waals surface area contributed by atoms with Gasteiger partial charge < -0.3 is 24.9 Å². The van der Waals surface area contributed by atoms with Crippen LogP contribution in [0, 0.1) is 5.41 Å². The molecule has 160 valence electrons. The Hall–Kier alpha value is -3.52. The minimum absolute atomic E-state index is 0.00157. The lowest BCUT2D eigenvalue weighted by atomic mass is 9.64. The molecule has 31 heavy (non-hydrogen) atoms. The fraction of sp³-hybridized carbons (Fsp3) is 0.304. The number of rotatable bonds is 4. The third-order valence-corrected chi connectivity index (χ3v) is 6.34. The molecular weight excluding hydrogens is 404 g/mol. The van der Waals surface area contributed by atoms with E-state index in [1.807, 2.05) is 0 Å². The van der Waals surface area contributed by atoms with Gasteiger partial charge in [-0.15, -0.1) is 0 Å². The summed E-state index contributed by atoms with van der Waals surface area (Å²) in [6.07, 6.45) is 0.124. The molecule has 0 aliphatic heterocycles. The van der Waals surface area contributed by atoms with Crippen molar-refractivity contribution in [2.45, 2.75) is 25.7 Å². The number of hydrogen-bond donors (Lipinski definition) is 3. The first-order chi connectivity index (χ1) is 14.7. The SMILES string of the molecule is COc1cccc2c1C(=O)c1c(O)c3c(c(O)c1C2=O)C[C@@](C=O)(C(=O)CO)C[C@@H]3C. The van der Waals surface area contributed by atoms with Crippen molar-refractivity contribution >= 4 is 23.6 Å². The van der Waals surface area contributed by atoms with E-state index in [-0.39, 0.29) is 52.0 Å². The number of ketones is 3. The van der Waals surface area contributed by atoms with Crippen molar-refractivity contribution in [3.05, 3.63) is 51.6 Å². The van der Waals surface area contributed by atoms with E-state index in [4.69, 9.17) is 4.74 Å². The highest BCUT2D eigenvalue weighted by atomic mass is 16.5. The lowest BCUT2D eigenvalue weighted by molar-refractivity contribution is -0.138. The molecule has 0 unspecified atom stereocenters. The van der Waals surface area contributed by atoms with Crippen LogP contribution in [0.4, 0.5) is 0 Å². The molecule has 0 bridgehead atoms. The molecule has 0 spiro atoms. The zero-order chi connectivity index (χ0) is 22.7. The number of aromatic hydroxyl groups is 2. The highest BCUT2D eigenvalue weighted by molar-refractivity contribution is 6.31. The van der Waals surface area contributed by atoms with Crippen molar-refractivity contribution in [3.8, 4) is 17.2 Å². The Labute approximate surface area is 177 Å². The summed E-state index contributed by atoms with van der Waals surface area (Å²) in [5.41, 5.74) is -2.01. The molecule has 2 atom stereocenters. The molecule has 2 aromatic carbocycles. The molecule has 0 amide bonds. The number of aliphatic hydroxyl groups is 1. The number of fused-ring (bicyclic) bond motifs is 3. The van der Waals surface area contributed by atoms with E-state index < -0.39 is 46.8 Å². The third kappa shape index (κ3) is 2.64. The maximum atomic E-state index is 13.3. The van der Waals surface area contributed by atoms with Gasteiger partial charge in [0.1, 0.15) is 30.1 Å². The number of ether oxygens (including phenoxy) is 1. The zero-order valence-corrected chi connectivity index (χ0v) is 16.9. The normalized spacial score (nSPS) is 21.7. The van der Waals surface area contributed by atoms with Crippen molar-refractivity contribution in [1.82, 2.24) is 0 Å². The van der Waals surface area contributed by atoms with Crippen LogP contribution in [-0.4, -0.2) is 52.7 Å². The number of methoxy groups -OCH3 is 1. The molecule has 0 heterocycles. The topological polar surface area (TPSA) is 138 Å². The van der Waals surface area contributed by atoms with E-state index in [0.717, 1.165) is 0 Å². The van der Waals surface area contributed by atoms with Crippen LogP contribution in [0.2, 0.25) is 0 Å². The monoisotopic (exact) mass is 424 g/mol. The Kier molecular flexibility index (Phi) is 4.70. The van der Waals surface area contributed by atoms with Gasteiger partial charge in [-0.25, -0.2) is 0 Å². The minimum Gasteiger partial charge on any atom is -0.507 e. The highest BCUT2D eigenvalue weighted by Gasteiger charge is 2.48. The number of carbonyl (C=O) groups is 4. The number of hydrogen-bond acceptors (Lipinski definition) is 8. The molecule has 2 aliphatic rings. The average Bonchev–Trinajstić information content (AvgIpc) is 2.77. The summed E-state index contributed by atoms with van der Waals surface area (Å²) >= 11 is 0. The van der Waals surface area contributed by atoms with Crippen LogP contribution in [0.15, 0.2) is 18.2 Å². The van der Waals surface area contributed by atoms with Gasteiger partial charge in [-0.2, -0.15) is 0 Å². The van der Waals surface area contributed by atoms with Crippen molar-refractivity contribution in [3.63, 3.8) is 0 Å². The van der Waals surface area contributed by atoms with Gasteiger partial charge in [-0.05, 0) is 24.8 Å². The van der Waals surface area contributed by atoms with Crippen LogP contribution in [-0.2, 0) is 16.0 Å². The summed E-state index contributed by atoms with van der Waals surface area (Å²) in [6, 6.07) is 4.47. The summed E-state index contributed by atoms with van der Waals surface area (Å²) in [6.45, 7) is 0.777. The van der Waals surface area contributed by atoms with Gasteiger partial charge in [0.05, 0.1) is 29.2 Å². The molecular formula is C23H20O8. The van der Waals surface area contributed by atoms with Crippen molar-refractivity contribution in [1.29, 1.82) is 0 Å². The molecule has 3 N–H and O–H groups in total. The second kappa shape index (κ2) is 7.02. The van der Waals surface area contributed by atoms with Gasteiger partial charge in [0, 0.05) is 16.7 Å². The van der Waals surface area contributed by atoms with Gasteiger partial charge in [0.25, 0.3) is 0 Å². The van der Waals surface area contributed by atoms with Crippen LogP contribution in [0.5, 0.6) is 17.2 Å². The van der Waals surface area contributed by atoms with Crippen LogP contribution < -0.4 is 4.74 Å². The Bertz CT molecular complexity index is 1180. The molecule has 2 aromatic rings. The van der Waals surface area contributed by atoms with Crippen LogP contribution in [0.25, 0.3) is 0 Å². The number of carbonyl (C=O) groups excluding carboxylic acids is 4. The van der Waals surface area contributed by atoms with Gasteiger partial charge in [-0.1, -0.05) is 19.1 Å². The van der Waals surface area contributed by atoms with E-state index in [1.165, 1.54) is 25.3 Å². The van der Waals surface area contributed by atoms with Crippen LogP contribution in [0.3, 0.4) is 0 Å². The number of aliphatic hydroxyl groups excluding tert-OH is 1. The summed E-state index contributed by atoms with van der Waals surface area (Å²) in [7, 11) is 1.35. The molecule has 8 nitrogen and oxygen atoms in total. The molecule has 4 rings (SSSR count). The number of aldehydes is 1. The largest absolute Gasteiger partial charge is 0.507 e. The summed E-state index contributed by atoms with van der Waals surface area (Å²) < 4.78 is 5.21. The van der Waals surface area contributed by atoms with Gasteiger partial charge in [0.2, 0.25) is 5.78 Å². The number of benzene rings is 2. The predicted octanol–water partition coefficient (Wildman–Crippen LogP) is 1.68. The second-order valence-electron chi connectivity index (χ2n) is 8.02. The number of phenolic OH excluding ortho intramolecular Hbond substituents is 2. The molecule has 0 saturated carbocycles. The first kappa shape index (κ1) is 20.7. The third-order valence-electron chi connectivity index (χ3n) is 6.34. The molecule has 2 aliphatic carbocycles. The first-order valence-electron chi connectivity index (χ1n) is 9.70. The zero-order valence-electron chi connectivity index (χ0n) is 16.9. The van der Waals surface area contributed by atoms with Gasteiger partial charge in [-0.3, -0.25) is 14.4 Å². The minimum atomic E-state index is -1.60. The van der Waals surface area contributed by atoms with E-state index in [9.17, 15) is 34.5 Å². The van der Waals surface area contributed by atoms with Crippen molar-refractivity contribution in [2.75, 3.05) is 13.7 Å². The summed E-state index contributed by atoms with van der Waals surface area (Å²) in [5, 5.41) is 31.4. The molecule has 0 saturated heterocycles. The number of phenols is 2. The average molecular weight is 424 g/mol. The predicted molar refractivity (Wildman–Crippen MR) is 107 cm³/mol. The van der Waals surface area contributed by atoms with E-state index in [2.05, 4.69) is 0 Å². The maximum Gasteiger partial charge on any atom is 0.202 e. The standard InChI is InChI=1S/C23H20O8/c1-10-6-23(9-25,14(26)8-24)7-12-15(10)21(29)18-17(20(12)28)19(27)11-4-3-5-13(31-2)16(11)22(18)30/h3-5,9-10,24,28-29H,6-8H2,1-2H3/t10-,23-/m0/s1. The van der Waals surface area contributed by atoms with Gasteiger partial charge >= 0.3 is 0 Å². The highest BCUT2D eigenvalue weighted by Crippen LogP contribution is 2.53. The van der Waals surface area contributed by atoms with E-state index >= 15 is 0 Å². The van der Waals surface area contributed by atoms with E-state index in [0.29, 0.717) is 6.29 Å². The van der Waals surface area contributed by atoms with Crippen molar-refractivity contribution in [2.24, 2.45) is 5.41 Å². The lowest BCUT2D eigenvalue weighted by Gasteiger charge is -2.37. The smallest absolute Gasteiger partial charge is 0.202 e. The Morgan fingerprint density at radius 1 is 1.16 bits per heavy atom. The molecule has 0 radical (unpaired) electrons. The molecule has 0 fully saturated rings.